The summed E-state index contributed by atoms with van der Waals surface area (Å²) in [5, 5.41) is 6.79. The molecule has 0 aliphatic heterocycles. The maximum atomic E-state index is 12.0. The molecule has 0 unspecified atom stereocenters. The summed E-state index contributed by atoms with van der Waals surface area (Å²) in [6, 6.07) is 19.3. The number of carbonyl (C=O) groups is 2. The summed E-state index contributed by atoms with van der Waals surface area (Å²) in [5.74, 6) is -0.456. The van der Waals surface area contributed by atoms with E-state index in [1.165, 1.54) is 5.56 Å². The van der Waals surface area contributed by atoms with Crippen LogP contribution in [0.2, 0.25) is 0 Å². The van der Waals surface area contributed by atoms with E-state index in [0.29, 0.717) is 5.56 Å². The smallest absolute Gasteiger partial charge is 0.251 e. The summed E-state index contributed by atoms with van der Waals surface area (Å²) in [7, 11) is 0. The first-order valence-electron chi connectivity index (χ1n) is 9.87. The third-order valence-electron chi connectivity index (χ3n) is 4.83. The molecule has 0 aliphatic carbocycles. The number of benzene rings is 2. The maximum Gasteiger partial charge on any atom is 0.251 e. The molecule has 0 aliphatic rings. The van der Waals surface area contributed by atoms with Crippen molar-refractivity contribution in [3.8, 4) is 5.69 Å². The molecule has 0 radical (unpaired) electrons. The topological polar surface area (TPSA) is 75.5 Å². The molecule has 0 atom stereocenters. The lowest BCUT2D eigenvalue weighted by atomic mass is 10.2. The van der Waals surface area contributed by atoms with E-state index < -0.39 is 0 Å². The number of aryl methyl sites for hydroxylation is 2. The average Bonchev–Trinajstić information content (AvgIpc) is 3.02. The molecule has 2 amide bonds. The van der Waals surface area contributed by atoms with Crippen molar-refractivity contribution < 1.29 is 9.59 Å². The highest BCUT2D eigenvalue weighted by Crippen LogP contribution is 2.20. The van der Waals surface area contributed by atoms with Gasteiger partial charge >= 0.3 is 0 Å². The lowest BCUT2D eigenvalue weighted by molar-refractivity contribution is -0.120. The highest BCUT2D eigenvalue weighted by molar-refractivity contribution is 5.94. The molecule has 3 aromatic rings. The number of aromatic nitrogens is 1. The first kappa shape index (κ1) is 21.0. The first-order chi connectivity index (χ1) is 14.5. The maximum absolute atomic E-state index is 12.0. The normalized spacial score (nSPS) is 10.9. The van der Waals surface area contributed by atoms with Gasteiger partial charge in [0, 0.05) is 41.2 Å². The summed E-state index contributed by atoms with van der Waals surface area (Å²) in [4.78, 5) is 23.9. The van der Waals surface area contributed by atoms with E-state index in [1.807, 2.05) is 26.0 Å². The second kappa shape index (κ2) is 9.69. The summed E-state index contributed by atoms with van der Waals surface area (Å²) >= 11 is 0. The predicted octanol–water partition coefficient (Wildman–Crippen LogP) is 3.67. The van der Waals surface area contributed by atoms with Gasteiger partial charge in [0.15, 0.2) is 0 Å². The van der Waals surface area contributed by atoms with Crippen LogP contribution in [0.3, 0.4) is 0 Å². The number of nitrogens with zero attached hydrogens (tertiary/aromatic N) is 2. The summed E-state index contributed by atoms with van der Waals surface area (Å²) in [6.07, 6.45) is 1.80. The Morgan fingerprint density at radius 2 is 1.70 bits per heavy atom. The van der Waals surface area contributed by atoms with Gasteiger partial charge in [-0.05, 0) is 51.1 Å². The van der Waals surface area contributed by atoms with E-state index in [4.69, 9.17) is 0 Å². The van der Waals surface area contributed by atoms with Gasteiger partial charge in [0.05, 0.1) is 6.21 Å². The number of rotatable bonds is 7. The number of nitrogens with one attached hydrogen (secondary N) is 2. The second-order valence-corrected chi connectivity index (χ2v) is 7.16. The van der Waals surface area contributed by atoms with Crippen molar-refractivity contribution in [2.24, 2.45) is 5.10 Å². The van der Waals surface area contributed by atoms with Crippen LogP contribution in [0.15, 0.2) is 65.8 Å². The third-order valence-corrected chi connectivity index (χ3v) is 4.83. The lowest BCUT2D eigenvalue weighted by Gasteiger charge is -2.09. The van der Waals surface area contributed by atoms with Crippen LogP contribution in [0.25, 0.3) is 5.69 Å². The van der Waals surface area contributed by atoms with E-state index >= 15 is 0 Å². The molecule has 0 saturated heterocycles. The Bertz CT molecular complexity index is 1050. The van der Waals surface area contributed by atoms with Crippen molar-refractivity contribution in [2.75, 3.05) is 6.54 Å². The Hall–Kier alpha value is -3.67. The Morgan fingerprint density at radius 3 is 2.40 bits per heavy atom. The van der Waals surface area contributed by atoms with E-state index in [9.17, 15) is 9.59 Å². The minimum Gasteiger partial charge on any atom is -0.352 e. The van der Waals surface area contributed by atoms with Crippen molar-refractivity contribution in [1.29, 1.82) is 0 Å². The fourth-order valence-electron chi connectivity index (χ4n) is 3.22. The van der Waals surface area contributed by atoms with Crippen molar-refractivity contribution >= 4 is 18.0 Å². The summed E-state index contributed by atoms with van der Waals surface area (Å²) in [6.45, 7) is 6.37. The van der Waals surface area contributed by atoms with Crippen LogP contribution in [0.5, 0.6) is 0 Å². The van der Waals surface area contributed by atoms with Gasteiger partial charge in [0.1, 0.15) is 0 Å². The van der Waals surface area contributed by atoms with Crippen LogP contribution in [0.4, 0.5) is 0 Å². The van der Waals surface area contributed by atoms with Crippen LogP contribution < -0.4 is 10.7 Å². The van der Waals surface area contributed by atoms with Crippen LogP contribution in [-0.2, 0) is 4.79 Å². The number of hydrogen-bond donors (Lipinski definition) is 2. The monoisotopic (exact) mass is 402 g/mol. The highest BCUT2D eigenvalue weighted by atomic mass is 16.2. The average molecular weight is 402 g/mol. The van der Waals surface area contributed by atoms with E-state index in [2.05, 4.69) is 51.6 Å². The van der Waals surface area contributed by atoms with Crippen molar-refractivity contribution in [3.05, 3.63) is 88.7 Å². The number of carbonyl (C=O) groups excluding carboxylic acids is 2. The van der Waals surface area contributed by atoms with Gasteiger partial charge in [-0.25, -0.2) is 5.43 Å². The number of hydrazone groups is 1. The van der Waals surface area contributed by atoms with Gasteiger partial charge in [-0.15, -0.1) is 0 Å². The molecule has 154 valence electrons. The fourth-order valence-corrected chi connectivity index (χ4v) is 3.22. The summed E-state index contributed by atoms with van der Waals surface area (Å²) in [5.41, 5.74) is 8.46. The van der Waals surface area contributed by atoms with E-state index in [0.717, 1.165) is 22.6 Å². The number of amides is 2. The molecule has 3 rings (SSSR count). The van der Waals surface area contributed by atoms with Crippen LogP contribution >= 0.6 is 0 Å². The van der Waals surface area contributed by atoms with Crippen molar-refractivity contribution in [1.82, 2.24) is 15.3 Å². The van der Waals surface area contributed by atoms with Crippen LogP contribution in [0, 0.1) is 20.8 Å². The quantitative estimate of drug-likeness (QED) is 0.467. The Labute approximate surface area is 176 Å². The van der Waals surface area contributed by atoms with Crippen LogP contribution in [-0.4, -0.2) is 29.1 Å². The van der Waals surface area contributed by atoms with Crippen LogP contribution in [0.1, 0.15) is 39.3 Å². The van der Waals surface area contributed by atoms with Gasteiger partial charge < -0.3 is 9.88 Å². The van der Waals surface area contributed by atoms with Gasteiger partial charge in [0.2, 0.25) is 5.91 Å². The second-order valence-electron chi connectivity index (χ2n) is 7.16. The standard InChI is InChI=1S/C24H26N4O2/c1-17-9-11-22(12-10-17)28-18(2)15-21(19(28)3)16-26-27-23(29)13-14-25-24(30)20-7-5-4-6-8-20/h4-12,15-16H,13-14H2,1-3H3,(H,25,30)(H,27,29)/b26-16+. The number of hydrogen-bond acceptors (Lipinski definition) is 3. The molecule has 0 bridgehead atoms. The zero-order valence-corrected chi connectivity index (χ0v) is 17.5. The zero-order chi connectivity index (χ0) is 21.5. The zero-order valence-electron chi connectivity index (χ0n) is 17.5. The molecule has 1 aromatic heterocycles. The first-order valence-corrected chi connectivity index (χ1v) is 9.87. The Kier molecular flexibility index (Phi) is 6.80. The lowest BCUT2D eigenvalue weighted by Crippen LogP contribution is -2.28. The molecule has 0 saturated carbocycles. The van der Waals surface area contributed by atoms with Gasteiger partial charge in [0.25, 0.3) is 5.91 Å². The minimum absolute atomic E-state index is 0.151. The minimum atomic E-state index is -0.257. The molecule has 2 aromatic carbocycles. The van der Waals surface area contributed by atoms with Gasteiger partial charge in [-0.1, -0.05) is 35.9 Å². The molecule has 6 heteroatoms. The SMILES string of the molecule is Cc1ccc(-n2c(C)cc(/C=N/NC(=O)CCNC(=O)c3ccccc3)c2C)cc1. The molecule has 0 spiro atoms. The van der Waals surface area contributed by atoms with E-state index in [1.54, 1.807) is 30.5 Å². The molecular weight excluding hydrogens is 376 g/mol. The molecule has 0 fully saturated rings. The molecular formula is C24H26N4O2. The van der Waals surface area contributed by atoms with Crippen molar-refractivity contribution in [3.63, 3.8) is 0 Å². The fraction of sp³-hybridized carbons (Fsp3) is 0.208. The van der Waals surface area contributed by atoms with Gasteiger partial charge in [-0.3, -0.25) is 9.59 Å². The largest absolute Gasteiger partial charge is 0.352 e. The highest BCUT2D eigenvalue weighted by Gasteiger charge is 2.10. The molecule has 2 N–H and O–H groups in total. The molecule has 1 heterocycles. The molecule has 30 heavy (non-hydrogen) atoms. The van der Waals surface area contributed by atoms with Crippen molar-refractivity contribution in [2.45, 2.75) is 27.2 Å². The Morgan fingerprint density at radius 1 is 1.00 bits per heavy atom. The predicted molar refractivity (Wildman–Crippen MR) is 119 cm³/mol. The Balaban J connectivity index is 1.53. The third kappa shape index (κ3) is 5.23. The van der Waals surface area contributed by atoms with Gasteiger partial charge in [-0.2, -0.15) is 5.10 Å². The summed E-state index contributed by atoms with van der Waals surface area (Å²) < 4.78 is 2.15. The van der Waals surface area contributed by atoms with E-state index in [-0.39, 0.29) is 24.8 Å². The molecule has 6 nitrogen and oxygen atoms in total.